The fourth-order valence-electron chi connectivity index (χ4n) is 3.02. The van der Waals surface area contributed by atoms with Crippen LogP contribution in [0.2, 0.25) is 0 Å². The highest BCUT2D eigenvalue weighted by Crippen LogP contribution is 2.32. The zero-order chi connectivity index (χ0) is 15.0. The molecular formula is C17H20N2O2. The van der Waals surface area contributed by atoms with Gasteiger partial charge < -0.3 is 4.90 Å². The van der Waals surface area contributed by atoms with Gasteiger partial charge in [0.25, 0.3) is 11.8 Å². The molecule has 0 aliphatic carbocycles. The van der Waals surface area contributed by atoms with Crippen LogP contribution in [0.15, 0.2) is 36.0 Å². The largest absolute Gasteiger partial charge is 0.366 e. The number of hydrogen-bond acceptors (Lipinski definition) is 3. The molecule has 2 heterocycles. The summed E-state index contributed by atoms with van der Waals surface area (Å²) in [6.45, 7) is 3.93. The topological polar surface area (TPSA) is 40.6 Å². The Morgan fingerprint density at radius 3 is 2.24 bits per heavy atom. The third-order valence-corrected chi connectivity index (χ3v) is 4.42. The maximum Gasteiger partial charge on any atom is 0.277 e. The van der Waals surface area contributed by atoms with Gasteiger partial charge in [-0.05, 0) is 24.3 Å². The van der Waals surface area contributed by atoms with E-state index in [4.69, 9.17) is 0 Å². The SMILES string of the molecule is CC1CCN(C2=C(c3ccccc3)C(=O)N(C)C2=O)CC1. The van der Waals surface area contributed by atoms with Gasteiger partial charge in [0.1, 0.15) is 5.70 Å². The van der Waals surface area contributed by atoms with Gasteiger partial charge in [0.15, 0.2) is 0 Å². The third-order valence-electron chi connectivity index (χ3n) is 4.42. The molecule has 0 N–H and O–H groups in total. The molecular weight excluding hydrogens is 264 g/mol. The molecule has 110 valence electrons. The highest BCUT2D eigenvalue weighted by Gasteiger charge is 2.39. The monoisotopic (exact) mass is 284 g/mol. The van der Waals surface area contributed by atoms with E-state index in [-0.39, 0.29) is 11.8 Å². The molecule has 3 rings (SSSR count). The number of likely N-dealkylation sites (N-methyl/N-ethyl adjacent to an activating group) is 1. The summed E-state index contributed by atoms with van der Waals surface area (Å²) in [5, 5.41) is 0. The Kier molecular flexibility index (Phi) is 3.53. The van der Waals surface area contributed by atoms with Crippen LogP contribution < -0.4 is 0 Å². The van der Waals surface area contributed by atoms with Crippen molar-refractivity contribution in [2.24, 2.45) is 5.92 Å². The summed E-state index contributed by atoms with van der Waals surface area (Å²) < 4.78 is 0. The molecule has 0 unspecified atom stereocenters. The first-order chi connectivity index (χ1) is 10.1. The van der Waals surface area contributed by atoms with Crippen molar-refractivity contribution in [1.82, 2.24) is 9.80 Å². The highest BCUT2D eigenvalue weighted by atomic mass is 16.2. The van der Waals surface area contributed by atoms with Gasteiger partial charge >= 0.3 is 0 Å². The van der Waals surface area contributed by atoms with Crippen LogP contribution >= 0.6 is 0 Å². The summed E-state index contributed by atoms with van der Waals surface area (Å²) in [5.41, 5.74) is 1.96. The van der Waals surface area contributed by atoms with E-state index >= 15 is 0 Å². The second kappa shape index (κ2) is 5.35. The van der Waals surface area contributed by atoms with E-state index in [0.29, 0.717) is 17.2 Å². The van der Waals surface area contributed by atoms with Gasteiger partial charge in [-0.3, -0.25) is 14.5 Å². The Morgan fingerprint density at radius 1 is 1.00 bits per heavy atom. The van der Waals surface area contributed by atoms with Crippen LogP contribution in [-0.2, 0) is 9.59 Å². The van der Waals surface area contributed by atoms with E-state index in [2.05, 4.69) is 11.8 Å². The Bertz CT molecular complexity index is 598. The lowest BCUT2D eigenvalue weighted by atomic mass is 9.97. The van der Waals surface area contributed by atoms with Crippen LogP contribution in [0, 0.1) is 5.92 Å². The van der Waals surface area contributed by atoms with Gasteiger partial charge in [0, 0.05) is 20.1 Å². The van der Waals surface area contributed by atoms with Gasteiger partial charge in [-0.1, -0.05) is 37.3 Å². The Hall–Kier alpha value is -2.10. The molecule has 4 heteroatoms. The molecule has 0 atom stereocenters. The highest BCUT2D eigenvalue weighted by molar-refractivity contribution is 6.35. The van der Waals surface area contributed by atoms with Crippen molar-refractivity contribution in [1.29, 1.82) is 0 Å². The molecule has 0 aromatic heterocycles. The summed E-state index contributed by atoms with van der Waals surface area (Å²) in [5.74, 6) is 0.320. The molecule has 2 aliphatic heterocycles. The zero-order valence-corrected chi connectivity index (χ0v) is 12.5. The van der Waals surface area contributed by atoms with Gasteiger partial charge in [-0.2, -0.15) is 0 Å². The normalized spacial score (nSPS) is 20.7. The van der Waals surface area contributed by atoms with Gasteiger partial charge in [-0.15, -0.1) is 0 Å². The average Bonchev–Trinajstić information content (AvgIpc) is 2.73. The van der Waals surface area contributed by atoms with E-state index in [0.717, 1.165) is 31.5 Å². The van der Waals surface area contributed by atoms with Crippen LogP contribution in [-0.4, -0.2) is 41.8 Å². The summed E-state index contributed by atoms with van der Waals surface area (Å²) in [6.07, 6.45) is 2.13. The summed E-state index contributed by atoms with van der Waals surface area (Å²) in [7, 11) is 1.56. The first-order valence-corrected chi connectivity index (χ1v) is 7.46. The fraction of sp³-hybridized carbons (Fsp3) is 0.412. The molecule has 0 saturated carbocycles. The molecule has 0 bridgehead atoms. The number of benzene rings is 1. The number of likely N-dealkylation sites (tertiary alicyclic amines) is 1. The predicted molar refractivity (Wildman–Crippen MR) is 81.1 cm³/mol. The van der Waals surface area contributed by atoms with Crippen LogP contribution in [0.5, 0.6) is 0 Å². The summed E-state index contributed by atoms with van der Waals surface area (Å²) >= 11 is 0. The molecule has 4 nitrogen and oxygen atoms in total. The van der Waals surface area contributed by atoms with Crippen molar-refractivity contribution in [2.75, 3.05) is 20.1 Å². The van der Waals surface area contributed by atoms with Gasteiger partial charge in [-0.25, -0.2) is 0 Å². The summed E-state index contributed by atoms with van der Waals surface area (Å²) in [6, 6.07) is 9.50. The number of imide groups is 1. The Morgan fingerprint density at radius 2 is 1.62 bits per heavy atom. The van der Waals surface area contributed by atoms with Crippen molar-refractivity contribution < 1.29 is 9.59 Å². The molecule has 1 aromatic carbocycles. The molecule has 2 aliphatic rings. The van der Waals surface area contributed by atoms with E-state index < -0.39 is 0 Å². The van der Waals surface area contributed by atoms with Crippen molar-refractivity contribution in [2.45, 2.75) is 19.8 Å². The van der Waals surface area contributed by atoms with Crippen molar-refractivity contribution in [3.8, 4) is 0 Å². The van der Waals surface area contributed by atoms with Gasteiger partial charge in [0.2, 0.25) is 0 Å². The van der Waals surface area contributed by atoms with E-state index in [1.807, 2.05) is 30.3 Å². The number of carbonyl (C=O) groups is 2. The number of nitrogens with zero attached hydrogens (tertiary/aromatic N) is 2. The number of amides is 2. The minimum absolute atomic E-state index is 0.173. The quantitative estimate of drug-likeness (QED) is 0.781. The second-order valence-electron chi connectivity index (χ2n) is 5.93. The van der Waals surface area contributed by atoms with Crippen LogP contribution in [0.25, 0.3) is 5.57 Å². The zero-order valence-electron chi connectivity index (χ0n) is 12.5. The first kappa shape index (κ1) is 13.9. The molecule has 1 aromatic rings. The molecule has 0 spiro atoms. The number of rotatable bonds is 2. The maximum absolute atomic E-state index is 12.5. The minimum Gasteiger partial charge on any atom is -0.366 e. The van der Waals surface area contributed by atoms with E-state index in [1.54, 1.807) is 7.05 Å². The first-order valence-electron chi connectivity index (χ1n) is 7.46. The lowest BCUT2D eigenvalue weighted by Crippen LogP contribution is -2.37. The Labute approximate surface area is 125 Å². The van der Waals surface area contributed by atoms with Crippen LogP contribution in [0.1, 0.15) is 25.3 Å². The van der Waals surface area contributed by atoms with Gasteiger partial charge in [0.05, 0.1) is 5.57 Å². The number of piperidine rings is 1. The van der Waals surface area contributed by atoms with Crippen LogP contribution in [0.3, 0.4) is 0 Å². The molecule has 2 amide bonds. The second-order valence-corrected chi connectivity index (χ2v) is 5.93. The fourth-order valence-corrected chi connectivity index (χ4v) is 3.02. The smallest absolute Gasteiger partial charge is 0.277 e. The molecule has 21 heavy (non-hydrogen) atoms. The predicted octanol–water partition coefficient (Wildman–Crippen LogP) is 2.13. The van der Waals surface area contributed by atoms with E-state index in [9.17, 15) is 9.59 Å². The van der Waals surface area contributed by atoms with Crippen molar-refractivity contribution in [3.05, 3.63) is 41.6 Å². The average molecular weight is 284 g/mol. The van der Waals surface area contributed by atoms with Crippen molar-refractivity contribution in [3.63, 3.8) is 0 Å². The molecule has 1 saturated heterocycles. The summed E-state index contributed by atoms with van der Waals surface area (Å²) in [4.78, 5) is 28.3. The number of carbonyl (C=O) groups excluding carboxylic acids is 2. The molecule has 1 fully saturated rings. The van der Waals surface area contributed by atoms with Crippen LogP contribution in [0.4, 0.5) is 0 Å². The Balaban J connectivity index is 2.04. The van der Waals surface area contributed by atoms with Crippen molar-refractivity contribution >= 4 is 17.4 Å². The minimum atomic E-state index is -0.195. The molecule has 0 radical (unpaired) electrons. The van der Waals surface area contributed by atoms with E-state index in [1.165, 1.54) is 4.90 Å². The third kappa shape index (κ3) is 2.35. The number of hydrogen-bond donors (Lipinski definition) is 0. The maximum atomic E-state index is 12.5. The standard InChI is InChI=1S/C17H20N2O2/c1-12-8-10-19(11-9-12)15-14(13-6-4-3-5-7-13)16(20)18(2)17(15)21/h3-7,12H,8-11H2,1-2H3. The lowest BCUT2D eigenvalue weighted by Gasteiger charge is -2.32. The lowest BCUT2D eigenvalue weighted by molar-refractivity contribution is -0.136.